The van der Waals surface area contributed by atoms with Crippen LogP contribution in [0.2, 0.25) is 0 Å². The van der Waals surface area contributed by atoms with Crippen LogP contribution in [-0.4, -0.2) is 58.7 Å². The Balaban J connectivity index is 1.50. The summed E-state index contributed by atoms with van der Waals surface area (Å²) >= 11 is 0. The molecule has 0 bridgehead atoms. The van der Waals surface area contributed by atoms with Gasteiger partial charge >= 0.3 is 0 Å². The van der Waals surface area contributed by atoms with Crippen LogP contribution >= 0.6 is 0 Å². The molecule has 3 N–H and O–H groups in total. The molecular formula is C25H25N5O3. The number of amides is 1. The van der Waals surface area contributed by atoms with Crippen LogP contribution in [0.15, 0.2) is 54.9 Å². The van der Waals surface area contributed by atoms with E-state index in [4.69, 9.17) is 11.2 Å². The molecule has 0 aliphatic carbocycles. The third-order valence-electron chi connectivity index (χ3n) is 5.25. The molecule has 33 heavy (non-hydrogen) atoms. The zero-order valence-corrected chi connectivity index (χ0v) is 18.1. The minimum absolute atomic E-state index is 0.0760. The molecule has 3 aromatic rings. The summed E-state index contributed by atoms with van der Waals surface area (Å²) in [4.78, 5) is 23.2. The maximum Gasteiger partial charge on any atom is 0.248 e. The number of phenols is 1. The number of rotatable bonds is 6. The van der Waals surface area contributed by atoms with Crippen molar-refractivity contribution in [2.75, 3.05) is 43.5 Å². The number of hydrogen-bond acceptors (Lipinski definition) is 7. The molecule has 8 nitrogen and oxygen atoms in total. The molecule has 1 aromatic heterocycles. The Morgan fingerprint density at radius 3 is 3.03 bits per heavy atom. The van der Waals surface area contributed by atoms with Crippen molar-refractivity contribution in [2.45, 2.75) is 6.42 Å². The SMILES string of the molecule is C#Cc1cccc(Nc2ncnc3cc(O)c(NC(=O)/C=C/CN4CCCOCC4)cc23)c1. The van der Waals surface area contributed by atoms with Crippen LogP contribution in [-0.2, 0) is 9.53 Å². The Morgan fingerprint density at radius 1 is 1.24 bits per heavy atom. The Bertz CT molecular complexity index is 1210. The minimum Gasteiger partial charge on any atom is -0.506 e. The quantitative estimate of drug-likeness (QED) is 0.305. The normalized spacial score (nSPS) is 14.6. The van der Waals surface area contributed by atoms with E-state index < -0.39 is 0 Å². The summed E-state index contributed by atoms with van der Waals surface area (Å²) < 4.78 is 5.44. The van der Waals surface area contributed by atoms with E-state index >= 15 is 0 Å². The molecule has 2 heterocycles. The molecule has 1 aliphatic rings. The highest BCUT2D eigenvalue weighted by Crippen LogP contribution is 2.32. The second-order valence-corrected chi connectivity index (χ2v) is 7.62. The molecule has 0 unspecified atom stereocenters. The highest BCUT2D eigenvalue weighted by Gasteiger charge is 2.12. The number of aromatic nitrogens is 2. The number of terminal acetylenes is 1. The van der Waals surface area contributed by atoms with E-state index in [9.17, 15) is 9.90 Å². The lowest BCUT2D eigenvalue weighted by molar-refractivity contribution is -0.111. The second kappa shape index (κ2) is 10.6. The van der Waals surface area contributed by atoms with Crippen molar-refractivity contribution in [3.05, 3.63) is 60.4 Å². The van der Waals surface area contributed by atoms with E-state index in [1.165, 1.54) is 18.5 Å². The van der Waals surface area contributed by atoms with Crippen molar-refractivity contribution >= 4 is 34.0 Å². The topological polar surface area (TPSA) is 99.6 Å². The molecule has 8 heteroatoms. The van der Waals surface area contributed by atoms with E-state index in [0.29, 0.717) is 29.9 Å². The van der Waals surface area contributed by atoms with Crippen LogP contribution in [0, 0.1) is 12.3 Å². The fourth-order valence-corrected chi connectivity index (χ4v) is 3.58. The first-order valence-corrected chi connectivity index (χ1v) is 10.7. The molecule has 1 aliphatic heterocycles. The average molecular weight is 444 g/mol. The van der Waals surface area contributed by atoms with Crippen molar-refractivity contribution in [3.8, 4) is 18.1 Å². The number of anilines is 3. The number of aromatic hydroxyl groups is 1. The maximum atomic E-state index is 12.4. The zero-order valence-electron chi connectivity index (χ0n) is 18.1. The van der Waals surface area contributed by atoms with Gasteiger partial charge in [0.1, 0.15) is 17.9 Å². The Kier molecular flexibility index (Phi) is 7.15. The number of nitrogens with zero attached hydrogens (tertiary/aromatic N) is 3. The maximum absolute atomic E-state index is 12.4. The molecule has 1 fully saturated rings. The summed E-state index contributed by atoms with van der Waals surface area (Å²) in [6, 6.07) is 10.5. The van der Waals surface area contributed by atoms with Gasteiger partial charge < -0.3 is 20.5 Å². The lowest BCUT2D eigenvalue weighted by Gasteiger charge is -2.16. The fraction of sp³-hybridized carbons (Fsp3) is 0.240. The molecule has 1 saturated heterocycles. The van der Waals surface area contributed by atoms with Gasteiger partial charge in [0.05, 0.1) is 17.8 Å². The minimum atomic E-state index is -0.330. The number of benzene rings is 2. The van der Waals surface area contributed by atoms with E-state index in [2.05, 4.69) is 31.4 Å². The number of hydrogen-bond donors (Lipinski definition) is 3. The number of nitrogens with one attached hydrogen (secondary N) is 2. The third kappa shape index (κ3) is 5.86. The first-order valence-electron chi connectivity index (χ1n) is 10.7. The molecule has 0 radical (unpaired) electrons. The Labute approximate surface area is 192 Å². The smallest absolute Gasteiger partial charge is 0.248 e. The van der Waals surface area contributed by atoms with Crippen molar-refractivity contribution in [1.82, 2.24) is 14.9 Å². The highest BCUT2D eigenvalue weighted by atomic mass is 16.5. The van der Waals surface area contributed by atoms with Gasteiger partial charge in [-0.05, 0) is 30.7 Å². The van der Waals surface area contributed by atoms with Crippen LogP contribution < -0.4 is 10.6 Å². The molecule has 1 amide bonds. The lowest BCUT2D eigenvalue weighted by atomic mass is 10.1. The van der Waals surface area contributed by atoms with Gasteiger partial charge in [-0.25, -0.2) is 9.97 Å². The molecule has 0 saturated carbocycles. The molecule has 168 valence electrons. The van der Waals surface area contributed by atoms with Gasteiger partial charge in [-0.15, -0.1) is 6.42 Å². The molecular weight excluding hydrogens is 418 g/mol. The Hall–Kier alpha value is -3.93. The molecule has 0 atom stereocenters. The number of carbonyl (C=O) groups is 1. The van der Waals surface area contributed by atoms with Crippen LogP contribution in [0.4, 0.5) is 17.2 Å². The Morgan fingerprint density at radius 2 is 2.15 bits per heavy atom. The zero-order chi connectivity index (χ0) is 23.0. The van der Waals surface area contributed by atoms with E-state index in [1.807, 2.05) is 30.3 Å². The van der Waals surface area contributed by atoms with Crippen molar-refractivity contribution in [2.24, 2.45) is 0 Å². The second-order valence-electron chi connectivity index (χ2n) is 7.62. The largest absolute Gasteiger partial charge is 0.506 e. The number of phenolic OH excluding ortho intramolecular Hbond substituents is 1. The van der Waals surface area contributed by atoms with Crippen molar-refractivity contribution in [3.63, 3.8) is 0 Å². The predicted octanol–water partition coefficient (Wildman–Crippen LogP) is 3.28. The lowest BCUT2D eigenvalue weighted by Crippen LogP contribution is -2.26. The van der Waals surface area contributed by atoms with Gasteiger partial charge in [-0.2, -0.15) is 0 Å². The summed E-state index contributed by atoms with van der Waals surface area (Å²) in [5, 5.41) is 17.0. The van der Waals surface area contributed by atoms with E-state index in [1.54, 1.807) is 6.07 Å². The van der Waals surface area contributed by atoms with Crippen LogP contribution in [0.1, 0.15) is 12.0 Å². The van der Waals surface area contributed by atoms with Gasteiger partial charge in [0, 0.05) is 55.0 Å². The first kappa shape index (κ1) is 22.3. The predicted molar refractivity (Wildman–Crippen MR) is 129 cm³/mol. The van der Waals surface area contributed by atoms with Gasteiger partial charge in [0.2, 0.25) is 5.91 Å². The standard InChI is InChI=1S/C25H25N5O3/c1-2-18-6-3-7-19(14-18)28-25-20-15-22(23(31)16-21(20)26-17-27-25)29-24(32)8-4-9-30-10-5-12-33-13-11-30/h1,3-4,6-8,14-17,31H,5,9-13H2,(H,29,32)(H,26,27,28)/b8-4+. The third-order valence-corrected chi connectivity index (χ3v) is 5.25. The first-order chi connectivity index (χ1) is 16.1. The summed E-state index contributed by atoms with van der Waals surface area (Å²) in [5.41, 5.74) is 2.32. The van der Waals surface area contributed by atoms with Gasteiger partial charge in [-0.1, -0.05) is 18.1 Å². The molecule has 0 spiro atoms. The number of carbonyl (C=O) groups excluding carboxylic acids is 1. The average Bonchev–Trinajstić information content (AvgIpc) is 3.09. The van der Waals surface area contributed by atoms with Crippen LogP contribution in [0.25, 0.3) is 10.9 Å². The van der Waals surface area contributed by atoms with Gasteiger partial charge in [0.25, 0.3) is 0 Å². The van der Waals surface area contributed by atoms with Crippen molar-refractivity contribution < 1.29 is 14.6 Å². The molecule has 4 rings (SSSR count). The summed E-state index contributed by atoms with van der Waals surface area (Å²) in [6.45, 7) is 3.93. The van der Waals surface area contributed by atoms with Crippen LogP contribution in [0.3, 0.4) is 0 Å². The van der Waals surface area contributed by atoms with E-state index in [0.717, 1.165) is 37.4 Å². The number of ether oxygens (including phenoxy) is 1. The summed E-state index contributed by atoms with van der Waals surface area (Å²) in [6.07, 6.45) is 11.2. The van der Waals surface area contributed by atoms with Gasteiger partial charge in [0.15, 0.2) is 0 Å². The highest BCUT2D eigenvalue weighted by molar-refractivity contribution is 6.03. The molecule has 2 aromatic carbocycles. The van der Waals surface area contributed by atoms with E-state index in [-0.39, 0.29) is 17.3 Å². The summed E-state index contributed by atoms with van der Waals surface area (Å²) in [5.74, 6) is 2.73. The monoisotopic (exact) mass is 443 g/mol. The fourth-order valence-electron chi connectivity index (χ4n) is 3.58. The van der Waals surface area contributed by atoms with Crippen LogP contribution in [0.5, 0.6) is 5.75 Å². The number of fused-ring (bicyclic) bond motifs is 1. The van der Waals surface area contributed by atoms with Crippen molar-refractivity contribution in [1.29, 1.82) is 0 Å². The summed E-state index contributed by atoms with van der Waals surface area (Å²) in [7, 11) is 0. The van der Waals surface area contributed by atoms with Gasteiger partial charge in [-0.3, -0.25) is 9.69 Å².